The minimum atomic E-state index is 1.07. The van der Waals surface area contributed by atoms with Gasteiger partial charge in [-0.15, -0.1) is 0 Å². The lowest BCUT2D eigenvalue weighted by Gasteiger charge is -2.28. The van der Waals surface area contributed by atoms with Crippen LogP contribution < -0.4 is 0 Å². The van der Waals surface area contributed by atoms with Gasteiger partial charge < -0.3 is 10.3 Å². The number of nitrogens with zero attached hydrogens (tertiary/aromatic N) is 1. The average Bonchev–Trinajstić information content (AvgIpc) is 2.09. The van der Waals surface area contributed by atoms with Crippen molar-refractivity contribution in [2.45, 2.75) is 26.2 Å². The summed E-state index contributed by atoms with van der Waals surface area (Å²) in [4.78, 5) is 2.29. The SMILES string of the molecule is C/C=C(\C=N)N1CCCCC1. The summed E-state index contributed by atoms with van der Waals surface area (Å²) in [5.41, 5.74) is 1.07. The molecule has 1 saturated heterocycles. The molecule has 0 aromatic rings. The third-order valence-corrected chi connectivity index (χ3v) is 2.16. The van der Waals surface area contributed by atoms with Gasteiger partial charge in [0.1, 0.15) is 0 Å². The molecule has 62 valence electrons. The van der Waals surface area contributed by atoms with Crippen molar-refractivity contribution in [1.29, 1.82) is 5.41 Å². The first-order chi connectivity index (χ1) is 5.38. The fourth-order valence-corrected chi connectivity index (χ4v) is 1.51. The van der Waals surface area contributed by atoms with Crippen LogP contribution in [0.25, 0.3) is 0 Å². The average molecular weight is 152 g/mol. The molecule has 1 aliphatic rings. The summed E-state index contributed by atoms with van der Waals surface area (Å²) in [5.74, 6) is 0. The van der Waals surface area contributed by atoms with Crippen LogP contribution in [-0.4, -0.2) is 24.2 Å². The first-order valence-corrected chi connectivity index (χ1v) is 4.30. The van der Waals surface area contributed by atoms with Crippen molar-refractivity contribution in [1.82, 2.24) is 4.90 Å². The highest BCUT2D eigenvalue weighted by atomic mass is 15.1. The molecule has 1 rings (SSSR count). The molecule has 0 aromatic heterocycles. The summed E-state index contributed by atoms with van der Waals surface area (Å²) in [7, 11) is 0. The molecular formula is C9H16N2. The fourth-order valence-electron chi connectivity index (χ4n) is 1.51. The van der Waals surface area contributed by atoms with E-state index in [1.54, 1.807) is 0 Å². The minimum absolute atomic E-state index is 1.07. The molecule has 1 aliphatic heterocycles. The van der Waals surface area contributed by atoms with Gasteiger partial charge in [0, 0.05) is 19.3 Å². The normalized spacial score (nSPS) is 20.1. The van der Waals surface area contributed by atoms with Gasteiger partial charge in [0.2, 0.25) is 0 Å². The van der Waals surface area contributed by atoms with E-state index >= 15 is 0 Å². The van der Waals surface area contributed by atoms with Crippen LogP contribution in [0.1, 0.15) is 26.2 Å². The number of piperidine rings is 1. The number of nitrogens with one attached hydrogen (secondary N) is 1. The molecule has 1 fully saturated rings. The lowest BCUT2D eigenvalue weighted by atomic mass is 10.1. The summed E-state index contributed by atoms with van der Waals surface area (Å²) in [6.45, 7) is 4.26. The maximum Gasteiger partial charge on any atom is 0.0501 e. The van der Waals surface area contributed by atoms with Crippen LogP contribution in [0.4, 0.5) is 0 Å². The predicted molar refractivity (Wildman–Crippen MR) is 48.0 cm³/mol. The smallest absolute Gasteiger partial charge is 0.0501 e. The van der Waals surface area contributed by atoms with Crippen molar-refractivity contribution >= 4 is 6.21 Å². The maximum atomic E-state index is 7.16. The molecule has 2 nitrogen and oxygen atoms in total. The molecule has 0 radical (unpaired) electrons. The van der Waals surface area contributed by atoms with E-state index in [4.69, 9.17) is 5.41 Å². The molecule has 0 amide bonds. The van der Waals surface area contributed by atoms with Crippen molar-refractivity contribution < 1.29 is 0 Å². The van der Waals surface area contributed by atoms with Crippen molar-refractivity contribution in [3.05, 3.63) is 11.8 Å². The Morgan fingerprint density at radius 1 is 1.27 bits per heavy atom. The molecule has 0 aromatic carbocycles. The van der Waals surface area contributed by atoms with Gasteiger partial charge in [0.15, 0.2) is 0 Å². The Hall–Kier alpha value is -0.790. The van der Waals surface area contributed by atoms with Gasteiger partial charge >= 0.3 is 0 Å². The third-order valence-electron chi connectivity index (χ3n) is 2.16. The highest BCUT2D eigenvalue weighted by molar-refractivity contribution is 5.74. The quantitative estimate of drug-likeness (QED) is 0.602. The zero-order valence-electron chi connectivity index (χ0n) is 7.14. The van der Waals surface area contributed by atoms with E-state index in [-0.39, 0.29) is 0 Å². The molecule has 0 spiro atoms. The molecule has 2 heteroatoms. The van der Waals surface area contributed by atoms with Crippen LogP contribution in [0, 0.1) is 5.41 Å². The van der Waals surface area contributed by atoms with Crippen LogP contribution in [0.3, 0.4) is 0 Å². The van der Waals surface area contributed by atoms with Crippen LogP contribution in [0.5, 0.6) is 0 Å². The molecule has 0 bridgehead atoms. The minimum Gasteiger partial charge on any atom is -0.371 e. The number of allylic oxidation sites excluding steroid dienone is 2. The first-order valence-electron chi connectivity index (χ1n) is 4.30. The van der Waals surface area contributed by atoms with Crippen molar-refractivity contribution in [3.8, 4) is 0 Å². The Labute approximate surface area is 68.4 Å². The zero-order valence-corrected chi connectivity index (χ0v) is 7.14. The van der Waals surface area contributed by atoms with Gasteiger partial charge in [-0.05, 0) is 26.2 Å². The van der Waals surface area contributed by atoms with Gasteiger partial charge in [-0.1, -0.05) is 6.08 Å². The van der Waals surface area contributed by atoms with Gasteiger partial charge in [0.05, 0.1) is 5.70 Å². The number of hydrogen-bond donors (Lipinski definition) is 1. The number of hydrogen-bond acceptors (Lipinski definition) is 2. The van der Waals surface area contributed by atoms with Gasteiger partial charge in [-0.25, -0.2) is 0 Å². The Bertz CT molecular complexity index is 155. The summed E-state index contributed by atoms with van der Waals surface area (Å²) in [5, 5.41) is 7.16. The Morgan fingerprint density at radius 2 is 1.91 bits per heavy atom. The molecule has 0 saturated carbocycles. The molecular weight excluding hydrogens is 136 g/mol. The highest BCUT2D eigenvalue weighted by Crippen LogP contribution is 2.12. The van der Waals surface area contributed by atoms with E-state index in [9.17, 15) is 0 Å². The van der Waals surface area contributed by atoms with E-state index in [0.29, 0.717) is 0 Å². The first kappa shape index (κ1) is 8.31. The largest absolute Gasteiger partial charge is 0.371 e. The van der Waals surface area contributed by atoms with Crippen LogP contribution in [0.15, 0.2) is 11.8 Å². The Balaban J connectivity index is 2.49. The topological polar surface area (TPSA) is 27.1 Å². The van der Waals surface area contributed by atoms with E-state index < -0.39 is 0 Å². The van der Waals surface area contributed by atoms with Gasteiger partial charge in [-0.3, -0.25) is 0 Å². The molecule has 0 atom stereocenters. The van der Waals surface area contributed by atoms with E-state index in [1.807, 2.05) is 13.0 Å². The Morgan fingerprint density at radius 3 is 2.36 bits per heavy atom. The second kappa shape index (κ2) is 4.16. The van der Waals surface area contributed by atoms with E-state index in [0.717, 1.165) is 18.8 Å². The number of likely N-dealkylation sites (tertiary alicyclic amines) is 1. The lowest BCUT2D eigenvalue weighted by molar-refractivity contribution is 0.298. The predicted octanol–water partition coefficient (Wildman–Crippen LogP) is 2.03. The summed E-state index contributed by atoms with van der Waals surface area (Å²) >= 11 is 0. The lowest BCUT2D eigenvalue weighted by Crippen LogP contribution is -2.29. The van der Waals surface area contributed by atoms with Crippen LogP contribution in [0.2, 0.25) is 0 Å². The molecule has 1 N–H and O–H groups in total. The summed E-state index contributed by atoms with van der Waals surface area (Å²) in [6.07, 6.45) is 7.38. The highest BCUT2D eigenvalue weighted by Gasteiger charge is 2.10. The monoisotopic (exact) mass is 152 g/mol. The van der Waals surface area contributed by atoms with Crippen molar-refractivity contribution in [2.24, 2.45) is 0 Å². The van der Waals surface area contributed by atoms with Gasteiger partial charge in [-0.2, -0.15) is 0 Å². The maximum absolute atomic E-state index is 7.16. The summed E-state index contributed by atoms with van der Waals surface area (Å²) in [6, 6.07) is 0. The second-order valence-corrected chi connectivity index (χ2v) is 2.91. The Kier molecular flexibility index (Phi) is 3.14. The second-order valence-electron chi connectivity index (χ2n) is 2.91. The molecule has 0 aliphatic carbocycles. The standard InChI is InChI=1S/C9H16N2/c1-2-9(8-10)11-6-4-3-5-7-11/h2,8,10H,3-7H2,1H3/b9-2+,10-8?. The van der Waals surface area contributed by atoms with E-state index in [2.05, 4.69) is 4.90 Å². The fraction of sp³-hybridized carbons (Fsp3) is 0.667. The van der Waals surface area contributed by atoms with Crippen molar-refractivity contribution in [3.63, 3.8) is 0 Å². The van der Waals surface area contributed by atoms with Crippen LogP contribution >= 0.6 is 0 Å². The summed E-state index contributed by atoms with van der Waals surface area (Å²) < 4.78 is 0. The molecule has 11 heavy (non-hydrogen) atoms. The van der Waals surface area contributed by atoms with Crippen LogP contribution in [-0.2, 0) is 0 Å². The van der Waals surface area contributed by atoms with E-state index in [1.165, 1.54) is 25.5 Å². The molecule has 0 unspecified atom stereocenters. The number of rotatable bonds is 2. The third kappa shape index (κ3) is 2.07. The van der Waals surface area contributed by atoms with Gasteiger partial charge in [0.25, 0.3) is 0 Å². The molecule has 1 heterocycles. The van der Waals surface area contributed by atoms with Crippen molar-refractivity contribution in [2.75, 3.05) is 13.1 Å². The zero-order chi connectivity index (χ0) is 8.10.